The molecule has 0 heterocycles. The first-order valence-corrected chi connectivity index (χ1v) is 5.96. The number of nitrogens with zero attached hydrogens (tertiary/aromatic N) is 1. The number of hydrogen-bond acceptors (Lipinski definition) is 1. The van der Waals surface area contributed by atoms with Crippen LogP contribution in [0, 0.1) is 16.7 Å². The minimum absolute atomic E-state index is 0.189. The molecule has 0 aromatic heterocycles. The zero-order valence-electron chi connectivity index (χ0n) is 11.4. The molecule has 0 atom stereocenters. The lowest BCUT2D eigenvalue weighted by Gasteiger charge is -2.18. The molecule has 0 aliphatic rings. The van der Waals surface area contributed by atoms with Gasteiger partial charge >= 0.3 is 0 Å². The second-order valence-corrected chi connectivity index (χ2v) is 6.04. The van der Waals surface area contributed by atoms with E-state index in [-0.39, 0.29) is 5.41 Å². The molecule has 0 unspecified atom stereocenters. The highest BCUT2D eigenvalue weighted by Crippen LogP contribution is 2.23. The van der Waals surface area contributed by atoms with Gasteiger partial charge in [-0.25, -0.2) is 0 Å². The van der Waals surface area contributed by atoms with Crippen LogP contribution in [-0.2, 0) is 5.41 Å². The first kappa shape index (κ1) is 13.5. The van der Waals surface area contributed by atoms with Gasteiger partial charge in [-0.3, -0.25) is 0 Å². The smallest absolute Gasteiger partial charge is 0.0725 e. The molecule has 0 fully saturated rings. The summed E-state index contributed by atoms with van der Waals surface area (Å²) in [4.78, 5) is 0. The topological polar surface area (TPSA) is 23.8 Å². The standard InChI is InChI=1S/C16H21N/c1-15(2,3)14-8-6-13(7-9-14)10-11-16(4,5)12-17/h6-11H,1-5H3/b11-10+. The van der Waals surface area contributed by atoms with Crippen molar-refractivity contribution in [3.05, 3.63) is 41.5 Å². The summed E-state index contributed by atoms with van der Waals surface area (Å²) < 4.78 is 0. The zero-order chi connectivity index (χ0) is 13.1. The Morgan fingerprint density at radius 1 is 1.00 bits per heavy atom. The Hall–Kier alpha value is -1.55. The molecule has 1 heteroatoms. The minimum Gasteiger partial charge on any atom is -0.197 e. The van der Waals surface area contributed by atoms with Crippen molar-refractivity contribution in [2.45, 2.75) is 40.0 Å². The fraction of sp³-hybridized carbons (Fsp3) is 0.438. The van der Waals surface area contributed by atoms with Gasteiger partial charge in [0.05, 0.1) is 11.5 Å². The molecule has 0 saturated heterocycles. The van der Waals surface area contributed by atoms with Crippen LogP contribution in [0.15, 0.2) is 30.3 Å². The Bertz CT molecular complexity index is 436. The normalized spacial score (nSPS) is 12.7. The average Bonchev–Trinajstić information content (AvgIpc) is 2.26. The second-order valence-electron chi connectivity index (χ2n) is 6.04. The van der Waals surface area contributed by atoms with Gasteiger partial charge in [-0.05, 0) is 30.4 Å². The molecular formula is C16H21N. The van der Waals surface area contributed by atoms with Crippen LogP contribution in [-0.4, -0.2) is 0 Å². The second kappa shape index (κ2) is 4.75. The molecule has 0 aliphatic heterocycles. The Morgan fingerprint density at radius 3 is 1.94 bits per heavy atom. The molecule has 90 valence electrons. The molecule has 1 nitrogen and oxygen atoms in total. The van der Waals surface area contributed by atoms with Gasteiger partial charge in [-0.15, -0.1) is 0 Å². The lowest BCUT2D eigenvalue weighted by molar-refractivity contribution is 0.590. The highest BCUT2D eigenvalue weighted by Gasteiger charge is 2.13. The predicted octanol–water partition coefficient (Wildman–Crippen LogP) is 4.55. The SMILES string of the molecule is CC(C)(C#N)/C=C/c1ccc(C(C)(C)C)cc1. The Balaban J connectivity index is 2.87. The third kappa shape index (κ3) is 4.07. The maximum absolute atomic E-state index is 8.92. The lowest BCUT2D eigenvalue weighted by Crippen LogP contribution is -2.10. The van der Waals surface area contributed by atoms with Crippen LogP contribution in [0.4, 0.5) is 0 Å². The van der Waals surface area contributed by atoms with E-state index in [4.69, 9.17) is 5.26 Å². The van der Waals surface area contributed by atoms with Crippen molar-refractivity contribution in [1.82, 2.24) is 0 Å². The summed E-state index contributed by atoms with van der Waals surface area (Å²) in [6, 6.07) is 10.8. The fourth-order valence-corrected chi connectivity index (χ4v) is 1.44. The minimum atomic E-state index is -0.400. The number of hydrogen-bond donors (Lipinski definition) is 0. The maximum atomic E-state index is 8.92. The van der Waals surface area contributed by atoms with Crippen LogP contribution in [0.5, 0.6) is 0 Å². The average molecular weight is 227 g/mol. The summed E-state index contributed by atoms with van der Waals surface area (Å²) in [6.07, 6.45) is 3.95. The van der Waals surface area contributed by atoms with Crippen LogP contribution < -0.4 is 0 Å². The lowest BCUT2D eigenvalue weighted by atomic mass is 9.86. The van der Waals surface area contributed by atoms with Gasteiger partial charge < -0.3 is 0 Å². The Labute approximate surface area is 105 Å². The molecule has 0 bridgehead atoms. The van der Waals surface area contributed by atoms with Gasteiger partial charge in [0.15, 0.2) is 0 Å². The third-order valence-electron chi connectivity index (χ3n) is 2.76. The van der Waals surface area contributed by atoms with E-state index >= 15 is 0 Å². The van der Waals surface area contributed by atoms with E-state index in [0.29, 0.717) is 0 Å². The summed E-state index contributed by atoms with van der Waals surface area (Å²) in [5.41, 5.74) is 2.26. The van der Waals surface area contributed by atoms with Crippen LogP contribution >= 0.6 is 0 Å². The van der Waals surface area contributed by atoms with Crippen molar-refractivity contribution < 1.29 is 0 Å². The first-order valence-electron chi connectivity index (χ1n) is 5.96. The van der Waals surface area contributed by atoms with Gasteiger partial charge in [0.2, 0.25) is 0 Å². The highest BCUT2D eigenvalue weighted by molar-refractivity contribution is 5.51. The number of rotatable bonds is 2. The zero-order valence-corrected chi connectivity index (χ0v) is 11.4. The van der Waals surface area contributed by atoms with Crippen LogP contribution in [0.1, 0.15) is 45.7 Å². The maximum Gasteiger partial charge on any atom is 0.0725 e. The number of nitriles is 1. The molecule has 0 aliphatic carbocycles. The molecule has 0 spiro atoms. The predicted molar refractivity (Wildman–Crippen MR) is 73.6 cm³/mol. The van der Waals surface area contributed by atoms with Crippen molar-refractivity contribution in [3.8, 4) is 6.07 Å². The van der Waals surface area contributed by atoms with Crippen molar-refractivity contribution in [2.24, 2.45) is 5.41 Å². The van der Waals surface area contributed by atoms with Gasteiger partial charge in [0, 0.05) is 0 Å². The van der Waals surface area contributed by atoms with E-state index in [9.17, 15) is 0 Å². The van der Waals surface area contributed by atoms with Gasteiger partial charge in [0.1, 0.15) is 0 Å². The van der Waals surface area contributed by atoms with Gasteiger partial charge in [0.25, 0.3) is 0 Å². The van der Waals surface area contributed by atoms with E-state index in [1.807, 2.05) is 26.0 Å². The summed E-state index contributed by atoms with van der Waals surface area (Å²) in [6.45, 7) is 10.4. The van der Waals surface area contributed by atoms with E-state index in [2.05, 4.69) is 51.1 Å². The molecule has 0 N–H and O–H groups in total. The van der Waals surface area contributed by atoms with Crippen LogP contribution in [0.3, 0.4) is 0 Å². The highest BCUT2D eigenvalue weighted by atomic mass is 14.3. The van der Waals surface area contributed by atoms with E-state index < -0.39 is 5.41 Å². The van der Waals surface area contributed by atoms with Crippen molar-refractivity contribution >= 4 is 6.08 Å². The van der Waals surface area contributed by atoms with E-state index in [1.165, 1.54) is 5.56 Å². The third-order valence-corrected chi connectivity index (χ3v) is 2.76. The molecule has 1 aromatic rings. The molecule has 17 heavy (non-hydrogen) atoms. The van der Waals surface area contributed by atoms with Crippen molar-refractivity contribution in [2.75, 3.05) is 0 Å². The summed E-state index contributed by atoms with van der Waals surface area (Å²) >= 11 is 0. The van der Waals surface area contributed by atoms with Crippen molar-refractivity contribution in [1.29, 1.82) is 5.26 Å². The van der Waals surface area contributed by atoms with Crippen molar-refractivity contribution in [3.63, 3.8) is 0 Å². The Kier molecular flexibility index (Phi) is 3.78. The van der Waals surface area contributed by atoms with Gasteiger partial charge in [-0.1, -0.05) is 57.2 Å². The molecule has 1 rings (SSSR count). The molecular weight excluding hydrogens is 206 g/mol. The largest absolute Gasteiger partial charge is 0.197 e. The quantitative estimate of drug-likeness (QED) is 0.727. The number of allylic oxidation sites excluding steroid dienone is 1. The monoisotopic (exact) mass is 227 g/mol. The van der Waals surface area contributed by atoms with E-state index in [1.54, 1.807) is 0 Å². The summed E-state index contributed by atoms with van der Waals surface area (Å²) in [5.74, 6) is 0. The molecule has 0 amide bonds. The first-order chi connectivity index (χ1) is 7.74. The fourth-order valence-electron chi connectivity index (χ4n) is 1.44. The summed E-state index contributed by atoms with van der Waals surface area (Å²) in [5, 5.41) is 8.92. The Morgan fingerprint density at radius 2 is 1.53 bits per heavy atom. The van der Waals surface area contributed by atoms with Crippen LogP contribution in [0.2, 0.25) is 0 Å². The summed E-state index contributed by atoms with van der Waals surface area (Å²) in [7, 11) is 0. The van der Waals surface area contributed by atoms with Crippen LogP contribution in [0.25, 0.3) is 6.08 Å². The van der Waals surface area contributed by atoms with Gasteiger partial charge in [-0.2, -0.15) is 5.26 Å². The van der Waals surface area contributed by atoms with E-state index in [0.717, 1.165) is 5.56 Å². The molecule has 0 radical (unpaired) electrons. The molecule has 1 aromatic carbocycles. The molecule has 0 saturated carbocycles. The number of benzene rings is 1.